The fourth-order valence-corrected chi connectivity index (χ4v) is 1.82. The molecule has 0 aromatic carbocycles. The number of hydrogen-bond donors (Lipinski definition) is 0. The molecule has 0 aliphatic carbocycles. The second-order valence-corrected chi connectivity index (χ2v) is 4.29. The summed E-state index contributed by atoms with van der Waals surface area (Å²) in [5.41, 5.74) is 2.36. The molecule has 0 aliphatic heterocycles. The van der Waals surface area contributed by atoms with Crippen LogP contribution in [0.2, 0.25) is 11.6 Å². The van der Waals surface area contributed by atoms with Gasteiger partial charge in [0.1, 0.15) is 0 Å². The van der Waals surface area contributed by atoms with E-state index in [1.807, 2.05) is 0 Å². The lowest BCUT2D eigenvalue weighted by molar-refractivity contribution is 1.06. The highest BCUT2D eigenvalue weighted by Gasteiger charge is 2.00. The highest BCUT2D eigenvalue weighted by atomic mass is 28.2. The predicted molar refractivity (Wildman–Crippen MR) is 45.1 cm³/mol. The van der Waals surface area contributed by atoms with Gasteiger partial charge in [0.2, 0.25) is 0 Å². The molecule has 1 atom stereocenters. The van der Waals surface area contributed by atoms with Gasteiger partial charge in [0.25, 0.3) is 0 Å². The van der Waals surface area contributed by atoms with E-state index in [4.69, 9.17) is 0 Å². The molecule has 0 nitrogen and oxygen atoms in total. The maximum atomic E-state index is 2.30. The van der Waals surface area contributed by atoms with Crippen molar-refractivity contribution in [3.8, 4) is 0 Å². The zero-order valence-corrected chi connectivity index (χ0v) is 7.86. The van der Waals surface area contributed by atoms with Gasteiger partial charge < -0.3 is 0 Å². The Balaban J connectivity index is 3.59. The second kappa shape index (κ2) is 4.80. The molecule has 0 aromatic rings. The molecular formula is C8H16Si. The molecule has 1 heteroatoms. The first-order chi connectivity index (χ1) is 4.22. The third-order valence-electron chi connectivity index (χ3n) is 1.65. The Hall–Kier alpha value is -0.0431. The lowest BCUT2D eigenvalue weighted by Crippen LogP contribution is -1.98. The molecule has 9 heavy (non-hydrogen) atoms. The van der Waals surface area contributed by atoms with E-state index in [1.165, 1.54) is 11.6 Å². The molecular weight excluding hydrogens is 124 g/mol. The molecule has 0 fully saturated rings. The first-order valence-electron chi connectivity index (χ1n) is 3.58. The molecule has 0 bridgehead atoms. The Kier molecular flexibility index (Phi) is 4.78. The van der Waals surface area contributed by atoms with Crippen LogP contribution in [0.25, 0.3) is 0 Å². The van der Waals surface area contributed by atoms with Crippen LogP contribution in [-0.2, 0) is 0 Å². The van der Waals surface area contributed by atoms with Gasteiger partial charge in [-0.05, 0) is 19.4 Å². The van der Waals surface area contributed by atoms with Crippen LogP contribution < -0.4 is 0 Å². The van der Waals surface area contributed by atoms with Gasteiger partial charge in [0.05, 0.1) is 0 Å². The van der Waals surface area contributed by atoms with Crippen LogP contribution in [0.15, 0.2) is 11.6 Å². The molecule has 0 saturated carbocycles. The van der Waals surface area contributed by atoms with Gasteiger partial charge in [-0.3, -0.25) is 0 Å². The van der Waals surface area contributed by atoms with Crippen molar-refractivity contribution < 1.29 is 0 Å². The highest BCUT2D eigenvalue weighted by molar-refractivity contribution is 6.38. The van der Waals surface area contributed by atoms with Crippen LogP contribution in [0.5, 0.6) is 0 Å². The molecule has 0 spiro atoms. The van der Waals surface area contributed by atoms with Gasteiger partial charge in [0.15, 0.2) is 0 Å². The second-order valence-electron chi connectivity index (χ2n) is 2.31. The van der Waals surface area contributed by atoms with Crippen LogP contribution >= 0.6 is 0 Å². The van der Waals surface area contributed by atoms with Crippen molar-refractivity contribution in [2.24, 2.45) is 0 Å². The number of hydrogen-bond acceptors (Lipinski definition) is 0. The van der Waals surface area contributed by atoms with E-state index in [2.05, 4.69) is 33.8 Å². The molecule has 0 N–H and O–H groups in total. The summed E-state index contributed by atoms with van der Waals surface area (Å²) in [7, 11) is 1.11. The van der Waals surface area contributed by atoms with Crippen LogP contribution in [0, 0.1) is 0 Å². The third-order valence-corrected chi connectivity index (χ3v) is 3.12. The van der Waals surface area contributed by atoms with E-state index < -0.39 is 0 Å². The van der Waals surface area contributed by atoms with Gasteiger partial charge in [0, 0.05) is 9.52 Å². The lowest BCUT2D eigenvalue weighted by Gasteiger charge is -2.07. The van der Waals surface area contributed by atoms with E-state index in [1.54, 1.807) is 0 Å². The molecule has 0 aromatic heterocycles. The SMILES string of the molecule is C/C=C(\C)C(C)[Si]CC. The van der Waals surface area contributed by atoms with Gasteiger partial charge in [-0.2, -0.15) is 0 Å². The monoisotopic (exact) mass is 140 g/mol. The summed E-state index contributed by atoms with van der Waals surface area (Å²) in [6, 6.07) is 1.33. The van der Waals surface area contributed by atoms with Crippen molar-refractivity contribution >= 4 is 9.52 Å². The van der Waals surface area contributed by atoms with Crippen LogP contribution in [0.1, 0.15) is 27.7 Å². The average Bonchev–Trinajstić information content (AvgIpc) is 1.87. The Bertz CT molecular complexity index is 94.7. The smallest absolute Gasteiger partial charge is 0.0461 e. The van der Waals surface area contributed by atoms with E-state index >= 15 is 0 Å². The van der Waals surface area contributed by atoms with Crippen LogP contribution in [0.3, 0.4) is 0 Å². The molecule has 52 valence electrons. The van der Waals surface area contributed by atoms with Crippen molar-refractivity contribution in [3.63, 3.8) is 0 Å². The average molecular weight is 140 g/mol. The summed E-state index contributed by atoms with van der Waals surface area (Å²) >= 11 is 0. The lowest BCUT2D eigenvalue weighted by atomic mass is 10.2. The molecule has 0 heterocycles. The standard InChI is InChI=1S/C8H16Si/c1-5-7(3)8(4)9-6-2/h5,8H,6H2,1-4H3/b7-5+. The Morgan fingerprint density at radius 1 is 1.67 bits per heavy atom. The summed E-state index contributed by atoms with van der Waals surface area (Å²) in [5, 5.41) is 0. The van der Waals surface area contributed by atoms with Crippen molar-refractivity contribution in [2.75, 3.05) is 0 Å². The summed E-state index contributed by atoms with van der Waals surface area (Å²) < 4.78 is 0. The minimum atomic E-state index is 0.819. The summed E-state index contributed by atoms with van der Waals surface area (Å²) in [5.74, 6) is 0. The Morgan fingerprint density at radius 2 is 2.22 bits per heavy atom. The minimum Gasteiger partial charge on any atom is -0.0888 e. The summed E-state index contributed by atoms with van der Waals surface area (Å²) in [6.45, 7) is 8.88. The van der Waals surface area contributed by atoms with Crippen molar-refractivity contribution in [3.05, 3.63) is 11.6 Å². The van der Waals surface area contributed by atoms with Crippen molar-refractivity contribution in [2.45, 2.75) is 39.3 Å². The first kappa shape index (κ1) is 8.96. The molecule has 2 radical (unpaired) electrons. The maximum absolute atomic E-state index is 2.30. The van der Waals surface area contributed by atoms with Crippen molar-refractivity contribution in [1.82, 2.24) is 0 Å². The van der Waals surface area contributed by atoms with E-state index in [0.29, 0.717) is 0 Å². The molecule has 0 amide bonds. The normalized spacial score (nSPS) is 15.8. The third kappa shape index (κ3) is 3.52. The molecule has 0 saturated heterocycles. The van der Waals surface area contributed by atoms with E-state index in [0.717, 1.165) is 15.1 Å². The van der Waals surface area contributed by atoms with E-state index in [-0.39, 0.29) is 0 Å². The fourth-order valence-electron chi connectivity index (χ4n) is 0.717. The van der Waals surface area contributed by atoms with Crippen LogP contribution in [-0.4, -0.2) is 9.52 Å². The van der Waals surface area contributed by atoms with Gasteiger partial charge in [-0.15, -0.1) is 0 Å². The Labute approximate surface area is 61.2 Å². The predicted octanol–water partition coefficient (Wildman–Crippen LogP) is 2.90. The Morgan fingerprint density at radius 3 is 2.56 bits per heavy atom. The minimum absolute atomic E-state index is 0.819. The van der Waals surface area contributed by atoms with Crippen LogP contribution in [0.4, 0.5) is 0 Å². The first-order valence-corrected chi connectivity index (χ1v) is 4.87. The van der Waals surface area contributed by atoms with Gasteiger partial charge in [-0.1, -0.05) is 31.5 Å². The van der Waals surface area contributed by atoms with Gasteiger partial charge in [-0.25, -0.2) is 0 Å². The zero-order chi connectivity index (χ0) is 7.28. The molecule has 1 unspecified atom stereocenters. The molecule has 0 aliphatic rings. The van der Waals surface area contributed by atoms with E-state index in [9.17, 15) is 0 Å². The maximum Gasteiger partial charge on any atom is 0.0461 e. The number of allylic oxidation sites excluding steroid dienone is 2. The van der Waals surface area contributed by atoms with Crippen molar-refractivity contribution in [1.29, 1.82) is 0 Å². The zero-order valence-electron chi connectivity index (χ0n) is 6.86. The number of rotatable bonds is 3. The quantitative estimate of drug-likeness (QED) is 0.418. The van der Waals surface area contributed by atoms with Gasteiger partial charge >= 0.3 is 0 Å². The highest BCUT2D eigenvalue weighted by Crippen LogP contribution is 2.14. The topological polar surface area (TPSA) is 0 Å². The fraction of sp³-hybridized carbons (Fsp3) is 0.750. The summed E-state index contributed by atoms with van der Waals surface area (Å²) in [4.78, 5) is 0. The molecule has 0 rings (SSSR count). The summed E-state index contributed by atoms with van der Waals surface area (Å²) in [6.07, 6.45) is 2.22. The largest absolute Gasteiger partial charge is 0.0888 e.